The molecule has 1 N–H and O–H groups in total. The summed E-state index contributed by atoms with van der Waals surface area (Å²) in [5, 5.41) is 8.67. The SMILES string of the molecule is CCN(CC)C(=O)c1ccncc1C#CCO. The lowest BCUT2D eigenvalue weighted by Crippen LogP contribution is -2.31. The van der Waals surface area contributed by atoms with Crippen LogP contribution in [0, 0.1) is 11.8 Å². The van der Waals surface area contributed by atoms with Crippen LogP contribution < -0.4 is 0 Å². The van der Waals surface area contributed by atoms with Crippen LogP contribution in [0.25, 0.3) is 0 Å². The third kappa shape index (κ3) is 3.30. The third-order valence-electron chi connectivity index (χ3n) is 2.40. The highest BCUT2D eigenvalue weighted by molar-refractivity contribution is 5.96. The van der Waals surface area contributed by atoms with E-state index in [0.717, 1.165) is 0 Å². The van der Waals surface area contributed by atoms with Crippen molar-refractivity contribution in [1.82, 2.24) is 9.88 Å². The van der Waals surface area contributed by atoms with E-state index in [2.05, 4.69) is 16.8 Å². The summed E-state index contributed by atoms with van der Waals surface area (Å²) in [6.45, 7) is 4.95. The fourth-order valence-corrected chi connectivity index (χ4v) is 1.50. The molecule has 4 nitrogen and oxygen atoms in total. The monoisotopic (exact) mass is 232 g/mol. The van der Waals surface area contributed by atoms with Gasteiger partial charge < -0.3 is 10.0 Å². The molecule has 0 spiro atoms. The summed E-state index contributed by atoms with van der Waals surface area (Å²) in [7, 11) is 0. The van der Waals surface area contributed by atoms with Gasteiger partial charge in [0.05, 0.1) is 11.1 Å². The second-order valence-corrected chi connectivity index (χ2v) is 3.36. The Kier molecular flexibility index (Phi) is 5.18. The standard InChI is InChI=1S/C13H16N2O2/c1-3-15(4-2)13(17)12-7-8-14-10-11(12)6-5-9-16/h7-8,10,16H,3-4,9H2,1-2H3. The summed E-state index contributed by atoms with van der Waals surface area (Å²) in [5.74, 6) is 5.21. The summed E-state index contributed by atoms with van der Waals surface area (Å²) in [6.07, 6.45) is 3.11. The molecule has 0 aliphatic carbocycles. The highest BCUT2D eigenvalue weighted by Crippen LogP contribution is 2.09. The van der Waals surface area contributed by atoms with Crippen molar-refractivity contribution in [3.8, 4) is 11.8 Å². The van der Waals surface area contributed by atoms with Crippen molar-refractivity contribution in [2.75, 3.05) is 19.7 Å². The van der Waals surface area contributed by atoms with E-state index in [0.29, 0.717) is 24.2 Å². The maximum Gasteiger partial charge on any atom is 0.255 e. The average Bonchev–Trinajstić information content (AvgIpc) is 2.38. The van der Waals surface area contributed by atoms with Crippen LogP contribution in [0.4, 0.5) is 0 Å². The van der Waals surface area contributed by atoms with Crippen LogP contribution in [0.5, 0.6) is 0 Å². The Morgan fingerprint density at radius 2 is 2.18 bits per heavy atom. The molecular formula is C13H16N2O2. The van der Waals surface area contributed by atoms with Gasteiger partial charge in [0.2, 0.25) is 0 Å². The van der Waals surface area contributed by atoms with Crippen LogP contribution >= 0.6 is 0 Å². The molecule has 0 radical (unpaired) electrons. The lowest BCUT2D eigenvalue weighted by molar-refractivity contribution is 0.0772. The number of rotatable bonds is 3. The van der Waals surface area contributed by atoms with Crippen molar-refractivity contribution in [3.63, 3.8) is 0 Å². The quantitative estimate of drug-likeness (QED) is 0.788. The Labute approximate surface area is 101 Å². The summed E-state index contributed by atoms with van der Waals surface area (Å²) >= 11 is 0. The molecule has 0 fully saturated rings. The van der Waals surface area contributed by atoms with Gasteiger partial charge in [-0.2, -0.15) is 0 Å². The van der Waals surface area contributed by atoms with Gasteiger partial charge in [0.25, 0.3) is 5.91 Å². The van der Waals surface area contributed by atoms with E-state index < -0.39 is 0 Å². The highest BCUT2D eigenvalue weighted by atomic mass is 16.2. The number of aromatic nitrogens is 1. The van der Waals surface area contributed by atoms with Gasteiger partial charge in [-0.1, -0.05) is 11.8 Å². The largest absolute Gasteiger partial charge is 0.384 e. The molecule has 0 aliphatic rings. The first kappa shape index (κ1) is 13.2. The number of amides is 1. The summed E-state index contributed by atoms with van der Waals surface area (Å²) in [4.78, 5) is 17.8. The molecule has 4 heteroatoms. The molecular weight excluding hydrogens is 216 g/mol. The van der Waals surface area contributed by atoms with Gasteiger partial charge in [0, 0.05) is 25.5 Å². The number of carbonyl (C=O) groups excluding carboxylic acids is 1. The molecule has 1 aromatic heterocycles. The minimum atomic E-state index is -0.228. The van der Waals surface area contributed by atoms with E-state index in [1.54, 1.807) is 23.4 Å². The second-order valence-electron chi connectivity index (χ2n) is 3.36. The molecule has 17 heavy (non-hydrogen) atoms. The maximum absolute atomic E-state index is 12.2. The zero-order chi connectivity index (χ0) is 12.7. The average molecular weight is 232 g/mol. The van der Waals surface area contributed by atoms with Gasteiger partial charge in [0.1, 0.15) is 6.61 Å². The van der Waals surface area contributed by atoms with E-state index in [4.69, 9.17) is 5.11 Å². The second kappa shape index (κ2) is 6.66. The van der Waals surface area contributed by atoms with Crippen LogP contribution in [0.15, 0.2) is 18.5 Å². The topological polar surface area (TPSA) is 53.4 Å². The predicted octanol–water partition coefficient (Wildman–Crippen LogP) is 0.907. The number of aliphatic hydroxyl groups excluding tert-OH is 1. The lowest BCUT2D eigenvalue weighted by atomic mass is 10.1. The van der Waals surface area contributed by atoms with Crippen molar-refractivity contribution in [3.05, 3.63) is 29.6 Å². The van der Waals surface area contributed by atoms with Gasteiger partial charge in [-0.05, 0) is 19.9 Å². The number of hydrogen-bond donors (Lipinski definition) is 1. The number of carbonyl (C=O) groups is 1. The third-order valence-corrected chi connectivity index (χ3v) is 2.40. The fraction of sp³-hybridized carbons (Fsp3) is 0.385. The first-order chi connectivity index (χ1) is 8.24. The number of pyridine rings is 1. The van der Waals surface area contributed by atoms with Crippen LogP contribution in [0.3, 0.4) is 0 Å². The number of hydrogen-bond acceptors (Lipinski definition) is 3. The predicted molar refractivity (Wildman–Crippen MR) is 65.5 cm³/mol. The van der Waals surface area contributed by atoms with Crippen LogP contribution in [-0.4, -0.2) is 40.6 Å². The zero-order valence-electron chi connectivity index (χ0n) is 10.1. The van der Waals surface area contributed by atoms with Crippen molar-refractivity contribution in [1.29, 1.82) is 0 Å². The molecule has 90 valence electrons. The first-order valence-corrected chi connectivity index (χ1v) is 5.57. The molecule has 0 bridgehead atoms. The molecule has 0 aromatic carbocycles. The number of nitrogens with zero attached hydrogens (tertiary/aromatic N) is 2. The van der Waals surface area contributed by atoms with E-state index in [1.807, 2.05) is 13.8 Å². The van der Waals surface area contributed by atoms with Crippen LogP contribution in [0.2, 0.25) is 0 Å². The van der Waals surface area contributed by atoms with E-state index >= 15 is 0 Å². The molecule has 1 rings (SSSR count). The minimum absolute atomic E-state index is 0.0559. The summed E-state index contributed by atoms with van der Waals surface area (Å²) in [6, 6.07) is 1.65. The Balaban J connectivity index is 3.08. The van der Waals surface area contributed by atoms with Gasteiger partial charge in [0.15, 0.2) is 0 Å². The van der Waals surface area contributed by atoms with Gasteiger partial charge in [-0.25, -0.2) is 0 Å². The fourth-order valence-electron chi connectivity index (χ4n) is 1.50. The Morgan fingerprint density at radius 3 is 2.76 bits per heavy atom. The molecule has 1 amide bonds. The molecule has 0 saturated heterocycles. The van der Waals surface area contributed by atoms with Crippen LogP contribution in [-0.2, 0) is 0 Å². The summed E-state index contributed by atoms with van der Waals surface area (Å²) in [5.41, 5.74) is 1.09. The first-order valence-electron chi connectivity index (χ1n) is 5.57. The van der Waals surface area contributed by atoms with Gasteiger partial charge in [-0.3, -0.25) is 9.78 Å². The van der Waals surface area contributed by atoms with Gasteiger partial charge in [-0.15, -0.1) is 0 Å². The van der Waals surface area contributed by atoms with Crippen molar-refractivity contribution in [2.24, 2.45) is 0 Å². The maximum atomic E-state index is 12.2. The highest BCUT2D eigenvalue weighted by Gasteiger charge is 2.15. The molecule has 0 aliphatic heterocycles. The van der Waals surface area contributed by atoms with Crippen molar-refractivity contribution in [2.45, 2.75) is 13.8 Å². The summed E-state index contributed by atoms with van der Waals surface area (Å²) < 4.78 is 0. The van der Waals surface area contributed by atoms with Gasteiger partial charge >= 0.3 is 0 Å². The number of aliphatic hydroxyl groups is 1. The molecule has 0 saturated carbocycles. The molecule has 0 atom stereocenters. The van der Waals surface area contributed by atoms with Crippen LogP contribution in [0.1, 0.15) is 29.8 Å². The smallest absolute Gasteiger partial charge is 0.255 e. The Bertz CT molecular complexity index is 442. The van der Waals surface area contributed by atoms with Crippen molar-refractivity contribution < 1.29 is 9.90 Å². The van der Waals surface area contributed by atoms with E-state index in [-0.39, 0.29) is 12.5 Å². The minimum Gasteiger partial charge on any atom is -0.384 e. The normalized spacial score (nSPS) is 9.35. The molecule has 1 heterocycles. The molecule has 0 unspecified atom stereocenters. The van der Waals surface area contributed by atoms with E-state index in [9.17, 15) is 4.79 Å². The van der Waals surface area contributed by atoms with E-state index in [1.165, 1.54) is 0 Å². The zero-order valence-corrected chi connectivity index (χ0v) is 10.1. The van der Waals surface area contributed by atoms with Crippen molar-refractivity contribution >= 4 is 5.91 Å². The molecule has 1 aromatic rings. The Morgan fingerprint density at radius 1 is 1.47 bits per heavy atom. The Hall–Kier alpha value is -1.86. The lowest BCUT2D eigenvalue weighted by Gasteiger charge is -2.19.